The quantitative estimate of drug-likeness (QED) is 0.635. The predicted octanol–water partition coefficient (Wildman–Crippen LogP) is 3.53. The van der Waals surface area contributed by atoms with Gasteiger partial charge in [-0.2, -0.15) is 5.10 Å². The molecule has 0 aliphatic rings. The molecule has 0 atom stereocenters. The van der Waals surface area contributed by atoms with Crippen LogP contribution in [0.5, 0.6) is 0 Å². The molecule has 2 rings (SSSR count). The topological polar surface area (TPSA) is 34.9 Å². The van der Waals surface area contributed by atoms with E-state index >= 15 is 0 Å². The fourth-order valence-corrected chi connectivity index (χ4v) is 2.43. The molecule has 0 aliphatic heterocycles. The lowest BCUT2D eigenvalue weighted by Crippen LogP contribution is -2.05. The van der Waals surface area contributed by atoms with Crippen LogP contribution in [0.25, 0.3) is 5.69 Å². The molecule has 0 saturated heterocycles. The largest absolute Gasteiger partial charge is 0.293 e. The van der Waals surface area contributed by atoms with Gasteiger partial charge < -0.3 is 0 Å². The van der Waals surface area contributed by atoms with Crippen LogP contribution >= 0.6 is 11.6 Å². The molecule has 4 heteroatoms. The van der Waals surface area contributed by atoms with Gasteiger partial charge in [-0.15, -0.1) is 11.6 Å². The average molecular weight is 277 g/mol. The number of Topliss-reactive ketones (excluding diaryl/α,β-unsaturated/α-hetero) is 1. The first-order valence-corrected chi connectivity index (χ1v) is 6.72. The SMILES string of the molecule is Cc1ccc(C)c(-n2nc(C)c(C(=O)CCl)c2C)c1. The molecule has 0 bridgehead atoms. The minimum Gasteiger partial charge on any atom is -0.293 e. The van der Waals surface area contributed by atoms with Crippen LogP contribution in [-0.4, -0.2) is 21.4 Å². The van der Waals surface area contributed by atoms with Crippen molar-refractivity contribution in [2.45, 2.75) is 27.7 Å². The van der Waals surface area contributed by atoms with Crippen LogP contribution in [0.3, 0.4) is 0 Å². The Hall–Kier alpha value is -1.61. The minimum atomic E-state index is -0.0757. The van der Waals surface area contributed by atoms with Gasteiger partial charge in [-0.05, 0) is 44.9 Å². The number of carbonyl (C=O) groups is 1. The van der Waals surface area contributed by atoms with Gasteiger partial charge in [-0.3, -0.25) is 4.79 Å². The van der Waals surface area contributed by atoms with Crippen LogP contribution in [0.4, 0.5) is 0 Å². The second kappa shape index (κ2) is 5.17. The third-order valence-electron chi connectivity index (χ3n) is 3.28. The van der Waals surface area contributed by atoms with Crippen molar-refractivity contribution in [2.75, 3.05) is 5.88 Å². The molecule has 1 aromatic carbocycles. The molecular weight excluding hydrogens is 260 g/mol. The van der Waals surface area contributed by atoms with E-state index in [0.29, 0.717) is 5.56 Å². The molecule has 0 radical (unpaired) electrons. The van der Waals surface area contributed by atoms with E-state index < -0.39 is 0 Å². The van der Waals surface area contributed by atoms with Crippen LogP contribution in [0.1, 0.15) is 32.9 Å². The second-order valence-corrected chi connectivity index (χ2v) is 5.07. The summed E-state index contributed by atoms with van der Waals surface area (Å²) in [5.74, 6) is -0.0894. The highest BCUT2D eigenvalue weighted by molar-refractivity contribution is 6.30. The van der Waals surface area contributed by atoms with E-state index in [1.807, 2.05) is 32.4 Å². The number of hydrogen-bond acceptors (Lipinski definition) is 2. The van der Waals surface area contributed by atoms with E-state index in [1.165, 1.54) is 5.56 Å². The van der Waals surface area contributed by atoms with Crippen molar-refractivity contribution in [1.29, 1.82) is 0 Å². The molecule has 1 heterocycles. The molecule has 0 unspecified atom stereocenters. The first-order valence-electron chi connectivity index (χ1n) is 6.18. The van der Waals surface area contributed by atoms with Gasteiger partial charge in [0.25, 0.3) is 0 Å². The van der Waals surface area contributed by atoms with Gasteiger partial charge in [0.1, 0.15) is 0 Å². The fourth-order valence-electron chi connectivity index (χ4n) is 2.30. The van der Waals surface area contributed by atoms with Gasteiger partial charge in [-0.1, -0.05) is 12.1 Å². The molecule has 0 saturated carbocycles. The number of benzene rings is 1. The number of nitrogens with zero attached hydrogens (tertiary/aromatic N) is 2. The molecule has 0 spiro atoms. The number of ketones is 1. The molecular formula is C15H17ClN2O. The Morgan fingerprint density at radius 3 is 2.58 bits per heavy atom. The third kappa shape index (κ3) is 2.43. The van der Waals surface area contributed by atoms with Gasteiger partial charge in [-0.25, -0.2) is 4.68 Å². The van der Waals surface area contributed by atoms with Crippen molar-refractivity contribution in [3.63, 3.8) is 0 Å². The molecule has 0 aliphatic carbocycles. The molecule has 0 N–H and O–H groups in total. The molecule has 3 nitrogen and oxygen atoms in total. The smallest absolute Gasteiger partial charge is 0.181 e. The van der Waals surface area contributed by atoms with E-state index in [0.717, 1.165) is 22.6 Å². The van der Waals surface area contributed by atoms with Crippen LogP contribution in [0.15, 0.2) is 18.2 Å². The van der Waals surface area contributed by atoms with Crippen LogP contribution in [0.2, 0.25) is 0 Å². The van der Waals surface area contributed by atoms with E-state index in [1.54, 1.807) is 0 Å². The number of carbonyl (C=O) groups excluding carboxylic acids is 1. The van der Waals surface area contributed by atoms with Crippen molar-refractivity contribution in [2.24, 2.45) is 0 Å². The highest BCUT2D eigenvalue weighted by Gasteiger charge is 2.19. The van der Waals surface area contributed by atoms with Crippen LogP contribution in [-0.2, 0) is 0 Å². The van der Waals surface area contributed by atoms with E-state index in [2.05, 4.69) is 23.3 Å². The lowest BCUT2D eigenvalue weighted by Gasteiger charge is -2.09. The summed E-state index contributed by atoms with van der Waals surface area (Å²) < 4.78 is 1.83. The standard InChI is InChI=1S/C15H17ClN2O/c1-9-5-6-10(2)13(7-9)18-12(4)15(11(3)17-18)14(19)8-16/h5-7H,8H2,1-4H3. The number of aryl methyl sites for hydroxylation is 3. The fraction of sp³-hybridized carbons (Fsp3) is 0.333. The lowest BCUT2D eigenvalue weighted by molar-refractivity contribution is 0.102. The summed E-state index contributed by atoms with van der Waals surface area (Å²) in [6.07, 6.45) is 0. The monoisotopic (exact) mass is 276 g/mol. The van der Waals surface area contributed by atoms with Gasteiger partial charge in [0.2, 0.25) is 0 Å². The Labute approximate surface area is 118 Å². The van der Waals surface area contributed by atoms with Gasteiger partial charge in [0.15, 0.2) is 5.78 Å². The van der Waals surface area contributed by atoms with Crippen LogP contribution in [0, 0.1) is 27.7 Å². The van der Waals surface area contributed by atoms with Gasteiger partial charge in [0.05, 0.1) is 28.5 Å². The van der Waals surface area contributed by atoms with E-state index in [4.69, 9.17) is 11.6 Å². The number of hydrogen-bond donors (Lipinski definition) is 0. The first kappa shape index (κ1) is 13.8. The lowest BCUT2D eigenvalue weighted by atomic mass is 10.1. The summed E-state index contributed by atoms with van der Waals surface area (Å²) in [6, 6.07) is 6.20. The normalized spacial score (nSPS) is 10.8. The molecule has 19 heavy (non-hydrogen) atoms. The molecule has 1 aromatic heterocycles. The summed E-state index contributed by atoms with van der Waals surface area (Å²) in [7, 11) is 0. The van der Waals surface area contributed by atoms with Crippen molar-refractivity contribution in [1.82, 2.24) is 9.78 Å². The Kier molecular flexibility index (Phi) is 3.76. The van der Waals surface area contributed by atoms with Crippen molar-refractivity contribution in [3.8, 4) is 5.69 Å². The summed E-state index contributed by atoms with van der Waals surface area (Å²) in [4.78, 5) is 11.9. The summed E-state index contributed by atoms with van der Waals surface area (Å²) >= 11 is 5.66. The maximum absolute atomic E-state index is 11.9. The molecule has 100 valence electrons. The van der Waals surface area contributed by atoms with Gasteiger partial charge in [0, 0.05) is 0 Å². The first-order chi connectivity index (χ1) is 8.95. The highest BCUT2D eigenvalue weighted by Crippen LogP contribution is 2.22. The summed E-state index contributed by atoms with van der Waals surface area (Å²) in [5, 5.41) is 4.49. The zero-order valence-corrected chi connectivity index (χ0v) is 12.4. The second-order valence-electron chi connectivity index (χ2n) is 4.80. The minimum absolute atomic E-state index is 0.0137. The Morgan fingerprint density at radius 2 is 1.95 bits per heavy atom. The maximum atomic E-state index is 11.9. The summed E-state index contributed by atoms with van der Waals surface area (Å²) in [6.45, 7) is 7.82. The molecule has 0 amide bonds. The van der Waals surface area contributed by atoms with Crippen molar-refractivity contribution >= 4 is 17.4 Å². The maximum Gasteiger partial charge on any atom is 0.181 e. The van der Waals surface area contributed by atoms with E-state index in [-0.39, 0.29) is 11.7 Å². The number of alkyl halides is 1. The zero-order chi connectivity index (χ0) is 14.2. The van der Waals surface area contributed by atoms with Crippen molar-refractivity contribution < 1.29 is 4.79 Å². The number of rotatable bonds is 3. The molecule has 2 aromatic rings. The number of aromatic nitrogens is 2. The Morgan fingerprint density at radius 1 is 1.26 bits per heavy atom. The van der Waals surface area contributed by atoms with Crippen LogP contribution < -0.4 is 0 Å². The predicted molar refractivity (Wildman–Crippen MR) is 77.6 cm³/mol. The van der Waals surface area contributed by atoms with E-state index in [9.17, 15) is 4.79 Å². The zero-order valence-electron chi connectivity index (χ0n) is 11.6. The Balaban J connectivity index is 2.64. The highest BCUT2D eigenvalue weighted by atomic mass is 35.5. The Bertz CT molecular complexity index is 644. The third-order valence-corrected chi connectivity index (χ3v) is 3.53. The summed E-state index contributed by atoms with van der Waals surface area (Å²) in [5.41, 5.74) is 5.51. The average Bonchev–Trinajstić information content (AvgIpc) is 2.67. The van der Waals surface area contributed by atoms with Gasteiger partial charge >= 0.3 is 0 Å². The molecule has 0 fully saturated rings. The number of halogens is 1. The van der Waals surface area contributed by atoms with Crippen molar-refractivity contribution in [3.05, 3.63) is 46.3 Å².